The van der Waals surface area contributed by atoms with Crippen molar-refractivity contribution in [3.05, 3.63) is 29.3 Å². The predicted octanol–water partition coefficient (Wildman–Crippen LogP) is 3.06. The van der Waals surface area contributed by atoms with Crippen molar-refractivity contribution >= 4 is 5.97 Å². The van der Waals surface area contributed by atoms with Crippen LogP contribution in [0.4, 0.5) is 0 Å². The van der Waals surface area contributed by atoms with Gasteiger partial charge in [0.25, 0.3) is 0 Å². The van der Waals surface area contributed by atoms with Crippen LogP contribution in [0.25, 0.3) is 0 Å². The first kappa shape index (κ1) is 13.6. The molecule has 0 saturated heterocycles. The molecule has 0 aliphatic heterocycles. The Morgan fingerprint density at radius 1 is 1.35 bits per heavy atom. The summed E-state index contributed by atoms with van der Waals surface area (Å²) < 4.78 is 10.2. The molecule has 1 atom stereocenters. The first-order valence-corrected chi connectivity index (χ1v) is 5.95. The van der Waals surface area contributed by atoms with Crippen LogP contribution in [0.15, 0.2) is 18.2 Å². The molecule has 0 heterocycles. The van der Waals surface area contributed by atoms with Gasteiger partial charge in [-0.15, -0.1) is 0 Å². The highest BCUT2D eigenvalue weighted by atomic mass is 16.5. The van der Waals surface area contributed by atoms with Crippen LogP contribution >= 0.6 is 0 Å². The fraction of sp³-hybridized carbons (Fsp3) is 0.500. The maximum atomic E-state index is 11.8. The minimum atomic E-state index is -0.180. The van der Waals surface area contributed by atoms with Crippen molar-refractivity contribution in [2.75, 3.05) is 13.7 Å². The van der Waals surface area contributed by atoms with Gasteiger partial charge in [0, 0.05) is 0 Å². The number of methoxy groups -OCH3 is 1. The van der Waals surface area contributed by atoms with Crippen molar-refractivity contribution in [1.29, 1.82) is 0 Å². The van der Waals surface area contributed by atoms with E-state index in [-0.39, 0.29) is 11.9 Å². The third-order valence-corrected chi connectivity index (χ3v) is 2.83. The maximum Gasteiger partial charge on any atom is 0.313 e. The minimum absolute atomic E-state index is 0.150. The Kier molecular flexibility index (Phi) is 5.01. The molecule has 94 valence electrons. The average Bonchev–Trinajstić information content (AvgIpc) is 2.32. The number of aryl methyl sites for hydroxylation is 1. The SMILES string of the molecule is CCOC(=O)C(CC)c1ccc(OC)cc1C. The number of carbonyl (C=O) groups is 1. The molecular weight excluding hydrogens is 216 g/mol. The maximum absolute atomic E-state index is 11.8. The summed E-state index contributed by atoms with van der Waals surface area (Å²) in [6.45, 7) is 6.22. The molecule has 0 radical (unpaired) electrons. The molecule has 0 fully saturated rings. The van der Waals surface area contributed by atoms with Gasteiger partial charge in [0.15, 0.2) is 0 Å². The molecule has 3 heteroatoms. The number of carbonyl (C=O) groups excluding carboxylic acids is 1. The van der Waals surface area contributed by atoms with E-state index in [0.717, 1.165) is 23.3 Å². The van der Waals surface area contributed by atoms with Crippen LogP contribution in [-0.2, 0) is 9.53 Å². The lowest BCUT2D eigenvalue weighted by Crippen LogP contribution is -2.16. The topological polar surface area (TPSA) is 35.5 Å². The van der Waals surface area contributed by atoms with Gasteiger partial charge in [0.1, 0.15) is 5.75 Å². The number of esters is 1. The summed E-state index contributed by atoms with van der Waals surface area (Å²) in [6.07, 6.45) is 0.742. The molecular formula is C14H20O3. The molecule has 0 aromatic heterocycles. The molecule has 0 N–H and O–H groups in total. The highest BCUT2D eigenvalue weighted by Gasteiger charge is 2.21. The van der Waals surface area contributed by atoms with Gasteiger partial charge < -0.3 is 9.47 Å². The van der Waals surface area contributed by atoms with E-state index in [1.807, 2.05) is 39.0 Å². The van der Waals surface area contributed by atoms with Gasteiger partial charge in [-0.05, 0) is 43.5 Å². The van der Waals surface area contributed by atoms with E-state index in [1.54, 1.807) is 7.11 Å². The first-order valence-electron chi connectivity index (χ1n) is 5.95. The van der Waals surface area contributed by atoms with E-state index >= 15 is 0 Å². The molecule has 0 spiro atoms. The lowest BCUT2D eigenvalue weighted by molar-refractivity contribution is -0.145. The second-order valence-corrected chi connectivity index (χ2v) is 3.94. The summed E-state index contributed by atoms with van der Waals surface area (Å²) in [5.41, 5.74) is 2.08. The van der Waals surface area contributed by atoms with E-state index in [4.69, 9.17) is 9.47 Å². The lowest BCUT2D eigenvalue weighted by atomic mass is 9.92. The zero-order chi connectivity index (χ0) is 12.8. The Hall–Kier alpha value is -1.51. The molecule has 17 heavy (non-hydrogen) atoms. The lowest BCUT2D eigenvalue weighted by Gasteiger charge is -2.16. The molecule has 3 nitrogen and oxygen atoms in total. The van der Waals surface area contributed by atoms with Crippen LogP contribution < -0.4 is 4.74 Å². The number of hydrogen-bond donors (Lipinski definition) is 0. The Morgan fingerprint density at radius 3 is 2.53 bits per heavy atom. The molecule has 1 aromatic rings. The summed E-state index contributed by atoms with van der Waals surface area (Å²) in [5.74, 6) is 0.481. The monoisotopic (exact) mass is 236 g/mol. The van der Waals surface area contributed by atoms with Crippen molar-refractivity contribution in [1.82, 2.24) is 0 Å². The standard InChI is InChI=1S/C14H20O3/c1-5-12(14(15)17-6-2)13-8-7-11(16-4)9-10(13)3/h7-9,12H,5-6H2,1-4H3. The van der Waals surface area contributed by atoms with Crippen LogP contribution in [0.3, 0.4) is 0 Å². The largest absolute Gasteiger partial charge is 0.497 e. The summed E-state index contributed by atoms with van der Waals surface area (Å²) in [5, 5.41) is 0. The smallest absolute Gasteiger partial charge is 0.313 e. The van der Waals surface area contributed by atoms with Crippen molar-refractivity contribution in [3.8, 4) is 5.75 Å². The fourth-order valence-electron chi connectivity index (χ4n) is 1.92. The molecule has 1 unspecified atom stereocenters. The van der Waals surface area contributed by atoms with E-state index in [2.05, 4.69) is 0 Å². The Balaban J connectivity index is 2.99. The second-order valence-electron chi connectivity index (χ2n) is 3.94. The van der Waals surface area contributed by atoms with Gasteiger partial charge in [0.2, 0.25) is 0 Å². The number of ether oxygens (including phenoxy) is 2. The molecule has 1 aromatic carbocycles. The summed E-state index contributed by atoms with van der Waals surface area (Å²) in [4.78, 5) is 11.8. The Morgan fingerprint density at radius 2 is 2.06 bits per heavy atom. The predicted molar refractivity (Wildman–Crippen MR) is 67.4 cm³/mol. The van der Waals surface area contributed by atoms with E-state index in [1.165, 1.54) is 0 Å². The van der Waals surface area contributed by atoms with Gasteiger partial charge in [-0.1, -0.05) is 13.0 Å². The van der Waals surface area contributed by atoms with Crippen LogP contribution in [0, 0.1) is 6.92 Å². The molecule has 0 bridgehead atoms. The minimum Gasteiger partial charge on any atom is -0.497 e. The van der Waals surface area contributed by atoms with Crippen molar-refractivity contribution in [3.63, 3.8) is 0 Å². The highest BCUT2D eigenvalue weighted by molar-refractivity contribution is 5.78. The van der Waals surface area contributed by atoms with Gasteiger partial charge in [-0.2, -0.15) is 0 Å². The number of benzene rings is 1. The summed E-state index contributed by atoms with van der Waals surface area (Å²) in [7, 11) is 1.64. The molecule has 0 amide bonds. The molecule has 0 saturated carbocycles. The quantitative estimate of drug-likeness (QED) is 0.737. The van der Waals surface area contributed by atoms with Gasteiger partial charge in [-0.25, -0.2) is 0 Å². The van der Waals surface area contributed by atoms with Gasteiger partial charge in [0.05, 0.1) is 19.6 Å². The van der Waals surface area contributed by atoms with Gasteiger partial charge >= 0.3 is 5.97 Å². The third-order valence-electron chi connectivity index (χ3n) is 2.83. The van der Waals surface area contributed by atoms with Crippen LogP contribution in [-0.4, -0.2) is 19.7 Å². The average molecular weight is 236 g/mol. The van der Waals surface area contributed by atoms with E-state index in [9.17, 15) is 4.79 Å². The Labute approximate surface area is 103 Å². The fourth-order valence-corrected chi connectivity index (χ4v) is 1.92. The second kappa shape index (κ2) is 6.28. The highest BCUT2D eigenvalue weighted by Crippen LogP contribution is 2.27. The molecule has 0 aliphatic carbocycles. The third kappa shape index (κ3) is 3.22. The van der Waals surface area contributed by atoms with Crippen LogP contribution in [0.2, 0.25) is 0 Å². The Bertz CT molecular complexity index is 385. The zero-order valence-electron chi connectivity index (χ0n) is 10.9. The molecule has 0 aliphatic rings. The van der Waals surface area contributed by atoms with Crippen LogP contribution in [0.1, 0.15) is 37.3 Å². The zero-order valence-corrected chi connectivity index (χ0v) is 10.9. The summed E-state index contributed by atoms with van der Waals surface area (Å²) >= 11 is 0. The summed E-state index contributed by atoms with van der Waals surface area (Å²) in [6, 6.07) is 5.76. The number of rotatable bonds is 5. The van der Waals surface area contributed by atoms with E-state index < -0.39 is 0 Å². The van der Waals surface area contributed by atoms with Crippen molar-refractivity contribution in [2.24, 2.45) is 0 Å². The van der Waals surface area contributed by atoms with Crippen LogP contribution in [0.5, 0.6) is 5.75 Å². The normalized spacial score (nSPS) is 12.0. The number of hydrogen-bond acceptors (Lipinski definition) is 3. The first-order chi connectivity index (χ1) is 8.13. The molecule has 1 rings (SSSR count). The van der Waals surface area contributed by atoms with Crippen molar-refractivity contribution in [2.45, 2.75) is 33.1 Å². The van der Waals surface area contributed by atoms with E-state index in [0.29, 0.717) is 6.61 Å². The van der Waals surface area contributed by atoms with Crippen molar-refractivity contribution < 1.29 is 14.3 Å². The van der Waals surface area contributed by atoms with Gasteiger partial charge in [-0.3, -0.25) is 4.79 Å².